The van der Waals surface area contributed by atoms with Gasteiger partial charge in [-0.25, -0.2) is 4.79 Å². The highest BCUT2D eigenvalue weighted by atomic mass is 16.5. The van der Waals surface area contributed by atoms with E-state index in [0.29, 0.717) is 6.04 Å². The maximum atomic E-state index is 10.3. The molecule has 0 radical (unpaired) electrons. The van der Waals surface area contributed by atoms with Gasteiger partial charge in [0.05, 0.1) is 7.11 Å². The Kier molecular flexibility index (Phi) is 6.35. The first kappa shape index (κ1) is 19.2. The lowest BCUT2D eigenvalue weighted by atomic mass is 10.0. The zero-order valence-corrected chi connectivity index (χ0v) is 15.7. The number of phenols is 1. The molecule has 2 N–H and O–H groups in total. The molecule has 2 aliphatic rings. The average Bonchev–Trinajstić information content (AvgIpc) is 3.37. The van der Waals surface area contributed by atoms with Crippen LogP contribution in [0.5, 0.6) is 11.5 Å². The van der Waals surface area contributed by atoms with Crippen LogP contribution in [0.25, 0.3) is 0 Å². The van der Waals surface area contributed by atoms with Crippen LogP contribution in [0, 0.1) is 5.92 Å². The molecule has 1 saturated heterocycles. The summed E-state index contributed by atoms with van der Waals surface area (Å²) >= 11 is 0. The maximum absolute atomic E-state index is 10.3. The monoisotopic (exact) mass is 369 g/mol. The quantitative estimate of drug-likeness (QED) is 0.821. The number of rotatable bonds is 5. The molecular formula is C22H27NO4. The summed E-state index contributed by atoms with van der Waals surface area (Å²) in [6.07, 6.45) is 5.54. The number of carbonyl (C=O) groups is 1. The van der Waals surface area contributed by atoms with Crippen LogP contribution in [0.4, 0.5) is 0 Å². The van der Waals surface area contributed by atoms with Crippen LogP contribution in [0.3, 0.4) is 0 Å². The number of para-hydroxylation sites is 1. The average molecular weight is 369 g/mol. The lowest BCUT2D eigenvalue weighted by Crippen LogP contribution is -2.25. The van der Waals surface area contributed by atoms with Crippen LogP contribution in [-0.4, -0.2) is 41.3 Å². The predicted octanol–water partition coefficient (Wildman–Crippen LogP) is 4.33. The van der Waals surface area contributed by atoms with Crippen molar-refractivity contribution in [1.82, 2.24) is 4.90 Å². The second-order valence-electron chi connectivity index (χ2n) is 7.20. The molecule has 27 heavy (non-hydrogen) atoms. The van der Waals surface area contributed by atoms with Gasteiger partial charge in [-0.15, -0.1) is 0 Å². The lowest BCUT2D eigenvalue weighted by Gasteiger charge is -2.25. The number of aromatic hydroxyl groups is 1. The Morgan fingerprint density at radius 1 is 1.15 bits per heavy atom. The number of nitrogens with zero attached hydrogens (tertiary/aromatic N) is 1. The molecule has 0 aromatic heterocycles. The second kappa shape index (κ2) is 8.91. The van der Waals surface area contributed by atoms with Gasteiger partial charge in [-0.2, -0.15) is 0 Å². The molecule has 0 spiro atoms. The summed E-state index contributed by atoms with van der Waals surface area (Å²) in [7, 11) is 1.75. The zero-order chi connectivity index (χ0) is 19.2. The maximum Gasteiger partial charge on any atom is 0.339 e. The SMILES string of the molecule is COc1cccc(C2CCCN2CC2CC2)c1.O=C(O)c1ccccc1O. The van der Waals surface area contributed by atoms with Gasteiger partial charge in [0.2, 0.25) is 0 Å². The molecule has 2 aromatic rings. The Morgan fingerprint density at radius 3 is 2.56 bits per heavy atom. The first-order chi connectivity index (χ1) is 13.1. The standard InChI is InChI=1S/C15H21NO.C7H6O3/c1-17-14-5-2-4-13(10-14)15-6-3-9-16(15)11-12-7-8-12;8-6-4-2-1-3-5(6)7(9)10/h2,4-5,10,12,15H,3,6-9,11H2,1H3;1-4,8H,(H,9,10). The number of aromatic carboxylic acids is 1. The van der Waals surface area contributed by atoms with E-state index in [4.69, 9.17) is 14.9 Å². The normalized spacial score (nSPS) is 19.2. The third kappa shape index (κ3) is 5.23. The van der Waals surface area contributed by atoms with Crippen molar-refractivity contribution in [2.45, 2.75) is 31.7 Å². The molecule has 1 saturated carbocycles. The highest BCUT2D eigenvalue weighted by Crippen LogP contribution is 2.38. The van der Waals surface area contributed by atoms with Gasteiger partial charge in [0.15, 0.2) is 0 Å². The van der Waals surface area contributed by atoms with E-state index in [9.17, 15) is 4.79 Å². The summed E-state index contributed by atoms with van der Waals surface area (Å²) in [6.45, 7) is 2.58. The van der Waals surface area contributed by atoms with Crippen LogP contribution in [0.15, 0.2) is 48.5 Å². The number of hydrogen-bond acceptors (Lipinski definition) is 4. The van der Waals surface area contributed by atoms with Gasteiger partial charge in [0.25, 0.3) is 0 Å². The summed E-state index contributed by atoms with van der Waals surface area (Å²) in [6, 6.07) is 15.0. The van der Waals surface area contributed by atoms with Crippen LogP contribution < -0.4 is 4.74 Å². The van der Waals surface area contributed by atoms with Gasteiger partial charge in [-0.3, -0.25) is 4.90 Å². The Balaban J connectivity index is 0.000000180. The van der Waals surface area contributed by atoms with E-state index in [1.165, 1.54) is 56.5 Å². The zero-order valence-electron chi connectivity index (χ0n) is 15.7. The molecular weight excluding hydrogens is 342 g/mol. The summed E-state index contributed by atoms with van der Waals surface area (Å²) in [5.74, 6) is 0.662. The first-order valence-corrected chi connectivity index (χ1v) is 9.47. The molecule has 1 aliphatic carbocycles. The van der Waals surface area contributed by atoms with Crippen LogP contribution in [0.2, 0.25) is 0 Å². The van der Waals surface area contributed by atoms with E-state index in [-0.39, 0.29) is 11.3 Å². The summed E-state index contributed by atoms with van der Waals surface area (Å²) in [5.41, 5.74) is 1.37. The molecule has 1 atom stereocenters. The minimum absolute atomic E-state index is 0.0671. The van der Waals surface area contributed by atoms with Gasteiger partial charge in [-0.05, 0) is 68.0 Å². The third-order valence-corrected chi connectivity index (χ3v) is 5.17. The number of methoxy groups -OCH3 is 1. The van der Waals surface area contributed by atoms with Crippen molar-refractivity contribution in [3.05, 3.63) is 59.7 Å². The second-order valence-corrected chi connectivity index (χ2v) is 7.20. The molecule has 5 nitrogen and oxygen atoms in total. The Hall–Kier alpha value is -2.53. The van der Waals surface area contributed by atoms with Gasteiger partial charge in [-0.1, -0.05) is 24.3 Å². The molecule has 0 amide bonds. The topological polar surface area (TPSA) is 70.0 Å². The Morgan fingerprint density at radius 2 is 1.93 bits per heavy atom. The molecule has 1 heterocycles. The molecule has 5 heteroatoms. The van der Waals surface area contributed by atoms with Crippen molar-refractivity contribution >= 4 is 5.97 Å². The number of carboxylic acids is 1. The largest absolute Gasteiger partial charge is 0.507 e. The fraction of sp³-hybridized carbons (Fsp3) is 0.409. The molecule has 2 aromatic carbocycles. The van der Waals surface area contributed by atoms with E-state index < -0.39 is 5.97 Å². The van der Waals surface area contributed by atoms with Crippen molar-refractivity contribution in [3.8, 4) is 11.5 Å². The number of likely N-dealkylation sites (tertiary alicyclic amines) is 1. The highest BCUT2D eigenvalue weighted by molar-refractivity contribution is 5.90. The van der Waals surface area contributed by atoms with Gasteiger partial charge < -0.3 is 14.9 Å². The van der Waals surface area contributed by atoms with E-state index in [0.717, 1.165) is 11.7 Å². The molecule has 4 rings (SSSR count). The predicted molar refractivity (Wildman–Crippen MR) is 104 cm³/mol. The Bertz CT molecular complexity index is 772. The van der Waals surface area contributed by atoms with Gasteiger partial charge >= 0.3 is 5.97 Å². The minimum atomic E-state index is -1.11. The number of benzene rings is 2. The van der Waals surface area contributed by atoms with E-state index in [2.05, 4.69) is 23.1 Å². The van der Waals surface area contributed by atoms with Crippen molar-refractivity contribution < 1.29 is 19.7 Å². The van der Waals surface area contributed by atoms with Crippen molar-refractivity contribution in [2.24, 2.45) is 5.92 Å². The van der Waals surface area contributed by atoms with Crippen LogP contribution >= 0.6 is 0 Å². The van der Waals surface area contributed by atoms with Gasteiger partial charge in [0.1, 0.15) is 17.1 Å². The van der Waals surface area contributed by atoms with Crippen LogP contribution in [-0.2, 0) is 0 Å². The molecule has 0 bridgehead atoms. The molecule has 1 aliphatic heterocycles. The number of carboxylic acid groups (broad SMARTS) is 1. The lowest BCUT2D eigenvalue weighted by molar-refractivity contribution is 0.0693. The van der Waals surface area contributed by atoms with E-state index >= 15 is 0 Å². The fourth-order valence-electron chi connectivity index (χ4n) is 3.56. The highest BCUT2D eigenvalue weighted by Gasteiger charge is 2.31. The van der Waals surface area contributed by atoms with Crippen molar-refractivity contribution in [1.29, 1.82) is 0 Å². The minimum Gasteiger partial charge on any atom is -0.507 e. The molecule has 1 unspecified atom stereocenters. The molecule has 2 fully saturated rings. The van der Waals surface area contributed by atoms with Crippen molar-refractivity contribution in [3.63, 3.8) is 0 Å². The van der Waals surface area contributed by atoms with E-state index in [1.807, 2.05) is 6.07 Å². The Labute approximate surface area is 160 Å². The first-order valence-electron chi connectivity index (χ1n) is 9.47. The summed E-state index contributed by atoms with van der Waals surface area (Å²) < 4.78 is 5.32. The van der Waals surface area contributed by atoms with Gasteiger partial charge in [0, 0.05) is 12.6 Å². The smallest absolute Gasteiger partial charge is 0.339 e. The number of hydrogen-bond donors (Lipinski definition) is 2. The summed E-state index contributed by atoms with van der Waals surface area (Å²) in [5, 5.41) is 17.3. The third-order valence-electron chi connectivity index (χ3n) is 5.17. The fourth-order valence-corrected chi connectivity index (χ4v) is 3.56. The van der Waals surface area contributed by atoms with Crippen LogP contribution in [0.1, 0.15) is 47.6 Å². The summed E-state index contributed by atoms with van der Waals surface area (Å²) in [4.78, 5) is 12.9. The number of ether oxygens (including phenoxy) is 1. The van der Waals surface area contributed by atoms with Crippen molar-refractivity contribution in [2.75, 3.05) is 20.2 Å². The van der Waals surface area contributed by atoms with E-state index in [1.54, 1.807) is 19.2 Å². The molecule has 144 valence electrons.